The van der Waals surface area contributed by atoms with Crippen LogP contribution < -0.4 is 15.4 Å². The van der Waals surface area contributed by atoms with Crippen LogP contribution in [0.15, 0.2) is 79.3 Å². The number of fused-ring (bicyclic) bond motifs is 1. The summed E-state index contributed by atoms with van der Waals surface area (Å²) >= 11 is 0. The second-order valence-electron chi connectivity index (χ2n) is 8.76. The van der Waals surface area contributed by atoms with E-state index in [1.807, 2.05) is 78.6 Å². The number of aryl methyl sites for hydroxylation is 1. The molecule has 0 saturated carbocycles. The zero-order chi connectivity index (χ0) is 23.8. The van der Waals surface area contributed by atoms with Crippen molar-refractivity contribution in [2.45, 2.75) is 12.6 Å². The Balaban J connectivity index is 1.24. The van der Waals surface area contributed by atoms with Gasteiger partial charge < -0.3 is 15.4 Å². The molecule has 1 aliphatic heterocycles. The van der Waals surface area contributed by atoms with Crippen LogP contribution in [0.1, 0.15) is 5.69 Å². The Kier molecular flexibility index (Phi) is 5.35. The van der Waals surface area contributed by atoms with Gasteiger partial charge in [0.05, 0.1) is 11.0 Å². The van der Waals surface area contributed by atoms with Crippen molar-refractivity contribution in [1.82, 2.24) is 24.7 Å². The van der Waals surface area contributed by atoms with E-state index >= 15 is 0 Å². The first kappa shape index (κ1) is 21.2. The van der Waals surface area contributed by atoms with Crippen molar-refractivity contribution in [2.75, 3.05) is 18.0 Å². The van der Waals surface area contributed by atoms with E-state index in [1.54, 1.807) is 12.4 Å². The number of nitrogens with zero attached hydrogens (tertiary/aromatic N) is 6. The van der Waals surface area contributed by atoms with Gasteiger partial charge in [0.2, 0.25) is 0 Å². The zero-order valence-corrected chi connectivity index (χ0v) is 19.4. The molecule has 8 heteroatoms. The number of hydrogen-bond acceptors (Lipinski definition) is 7. The van der Waals surface area contributed by atoms with Crippen molar-refractivity contribution < 1.29 is 4.74 Å². The minimum Gasteiger partial charge on any atom is -0.487 e. The normalized spacial score (nSPS) is 13.7. The summed E-state index contributed by atoms with van der Waals surface area (Å²) in [6.45, 7) is 1.88. The standard InChI is InChI=1S/C27H25N7O/c1-33-16-22(18-10-12-29-13-11-18)26(32-33)19-6-8-21(9-7-19)35-17-25-27(34-14-20(28)15-34)31-24-5-3-2-4-23(24)30-25/h2-13,16,20H,14-15,17,28H2,1H3. The molecule has 0 radical (unpaired) electrons. The molecule has 0 amide bonds. The van der Waals surface area contributed by atoms with Gasteiger partial charge in [-0.15, -0.1) is 0 Å². The number of para-hydroxylation sites is 2. The molecule has 0 spiro atoms. The Morgan fingerprint density at radius 1 is 0.914 bits per heavy atom. The second-order valence-corrected chi connectivity index (χ2v) is 8.76. The molecule has 0 bridgehead atoms. The van der Waals surface area contributed by atoms with Crippen LogP contribution in [0.4, 0.5) is 5.82 Å². The third-order valence-electron chi connectivity index (χ3n) is 6.15. The predicted octanol–water partition coefficient (Wildman–Crippen LogP) is 3.82. The highest BCUT2D eigenvalue weighted by Crippen LogP contribution is 2.32. The summed E-state index contributed by atoms with van der Waals surface area (Å²) < 4.78 is 7.97. The van der Waals surface area contributed by atoms with Crippen molar-refractivity contribution >= 4 is 16.9 Å². The topological polar surface area (TPSA) is 95.0 Å². The molecule has 0 atom stereocenters. The molecule has 2 N–H and O–H groups in total. The van der Waals surface area contributed by atoms with Gasteiger partial charge in [0.15, 0.2) is 5.82 Å². The quantitative estimate of drug-likeness (QED) is 0.409. The molecule has 35 heavy (non-hydrogen) atoms. The van der Waals surface area contributed by atoms with Crippen molar-refractivity contribution in [3.8, 4) is 28.1 Å². The number of ether oxygens (including phenoxy) is 1. The van der Waals surface area contributed by atoms with Gasteiger partial charge in [0, 0.05) is 55.9 Å². The first-order valence-corrected chi connectivity index (χ1v) is 11.6. The average Bonchev–Trinajstić information content (AvgIpc) is 3.27. The lowest BCUT2D eigenvalue weighted by molar-refractivity contribution is 0.300. The molecule has 174 valence electrons. The summed E-state index contributed by atoms with van der Waals surface area (Å²) in [6, 6.07) is 20.0. The van der Waals surface area contributed by atoms with Gasteiger partial charge in [-0.1, -0.05) is 12.1 Å². The lowest BCUT2D eigenvalue weighted by Gasteiger charge is -2.38. The fraction of sp³-hybridized carbons (Fsp3) is 0.185. The van der Waals surface area contributed by atoms with Gasteiger partial charge in [0.25, 0.3) is 0 Å². The van der Waals surface area contributed by atoms with Gasteiger partial charge in [-0.3, -0.25) is 9.67 Å². The Labute approximate surface area is 203 Å². The maximum atomic E-state index is 6.14. The average molecular weight is 464 g/mol. The van der Waals surface area contributed by atoms with E-state index in [4.69, 9.17) is 20.4 Å². The minimum atomic E-state index is 0.174. The highest BCUT2D eigenvalue weighted by Gasteiger charge is 2.27. The number of rotatable bonds is 6. The van der Waals surface area contributed by atoms with Gasteiger partial charge in [0.1, 0.15) is 23.7 Å². The van der Waals surface area contributed by atoms with E-state index < -0.39 is 0 Å². The minimum absolute atomic E-state index is 0.174. The summed E-state index contributed by atoms with van der Waals surface area (Å²) in [4.78, 5) is 16.0. The third kappa shape index (κ3) is 4.20. The Bertz CT molecular complexity index is 1480. The summed E-state index contributed by atoms with van der Waals surface area (Å²) in [7, 11) is 1.93. The van der Waals surface area contributed by atoms with Gasteiger partial charge >= 0.3 is 0 Å². The van der Waals surface area contributed by atoms with Crippen molar-refractivity contribution in [2.24, 2.45) is 12.8 Å². The van der Waals surface area contributed by atoms with Crippen molar-refractivity contribution in [1.29, 1.82) is 0 Å². The predicted molar refractivity (Wildman–Crippen MR) is 136 cm³/mol. The van der Waals surface area contributed by atoms with E-state index in [-0.39, 0.29) is 6.04 Å². The Morgan fingerprint density at radius 2 is 1.63 bits per heavy atom. The van der Waals surface area contributed by atoms with Crippen molar-refractivity contribution in [3.05, 3.63) is 84.9 Å². The van der Waals surface area contributed by atoms with E-state index in [1.165, 1.54) is 0 Å². The van der Waals surface area contributed by atoms with Crippen LogP contribution in [-0.4, -0.2) is 43.9 Å². The van der Waals surface area contributed by atoms with Crippen LogP contribution in [0.25, 0.3) is 33.4 Å². The first-order valence-electron chi connectivity index (χ1n) is 11.6. The summed E-state index contributed by atoms with van der Waals surface area (Å²) in [5, 5.41) is 4.68. The van der Waals surface area contributed by atoms with E-state index in [2.05, 4.69) is 15.0 Å². The zero-order valence-electron chi connectivity index (χ0n) is 19.4. The third-order valence-corrected chi connectivity index (χ3v) is 6.15. The highest BCUT2D eigenvalue weighted by molar-refractivity contribution is 5.80. The first-order chi connectivity index (χ1) is 17.1. The van der Waals surface area contributed by atoms with Crippen LogP contribution in [0.2, 0.25) is 0 Å². The van der Waals surface area contributed by atoms with Gasteiger partial charge in [-0.2, -0.15) is 5.10 Å². The highest BCUT2D eigenvalue weighted by atomic mass is 16.5. The van der Waals surface area contributed by atoms with Crippen LogP contribution in [-0.2, 0) is 13.7 Å². The van der Waals surface area contributed by atoms with Gasteiger partial charge in [-0.25, -0.2) is 9.97 Å². The fourth-order valence-corrected chi connectivity index (χ4v) is 4.37. The summed E-state index contributed by atoms with van der Waals surface area (Å²) in [5.41, 5.74) is 12.6. The summed E-state index contributed by atoms with van der Waals surface area (Å²) in [6.07, 6.45) is 5.61. The largest absolute Gasteiger partial charge is 0.487 e. The van der Waals surface area contributed by atoms with Gasteiger partial charge in [-0.05, 0) is 54.1 Å². The molecular weight excluding hydrogens is 438 g/mol. The Morgan fingerprint density at radius 3 is 2.34 bits per heavy atom. The molecule has 0 aliphatic carbocycles. The van der Waals surface area contributed by atoms with Crippen molar-refractivity contribution in [3.63, 3.8) is 0 Å². The Hall–Kier alpha value is -4.30. The molecule has 5 aromatic rings. The molecule has 1 aliphatic rings. The number of aromatic nitrogens is 5. The van der Waals surface area contributed by atoms with Crippen LogP contribution >= 0.6 is 0 Å². The molecular formula is C27H25N7O. The SMILES string of the molecule is Cn1cc(-c2ccncc2)c(-c2ccc(OCc3nc4ccccc4nc3N3CC(N)C3)cc2)n1. The van der Waals surface area contributed by atoms with E-state index in [0.717, 1.165) is 63.8 Å². The molecule has 1 fully saturated rings. The molecule has 6 rings (SSSR count). The van der Waals surface area contributed by atoms with Crippen LogP contribution in [0.3, 0.4) is 0 Å². The van der Waals surface area contributed by atoms with E-state index in [9.17, 15) is 0 Å². The molecule has 4 heterocycles. The second kappa shape index (κ2) is 8.81. The lowest BCUT2D eigenvalue weighted by atomic mass is 10.0. The molecule has 3 aromatic heterocycles. The van der Waals surface area contributed by atoms with Crippen LogP contribution in [0, 0.1) is 0 Å². The number of nitrogens with two attached hydrogens (primary N) is 1. The lowest BCUT2D eigenvalue weighted by Crippen LogP contribution is -2.56. The number of anilines is 1. The van der Waals surface area contributed by atoms with E-state index in [0.29, 0.717) is 6.61 Å². The summed E-state index contributed by atoms with van der Waals surface area (Å²) in [5.74, 6) is 1.61. The monoisotopic (exact) mass is 463 g/mol. The fourth-order valence-electron chi connectivity index (χ4n) is 4.37. The maximum absolute atomic E-state index is 6.14. The maximum Gasteiger partial charge on any atom is 0.154 e. The number of pyridine rings is 1. The molecule has 2 aromatic carbocycles. The molecule has 8 nitrogen and oxygen atoms in total. The molecule has 1 saturated heterocycles. The number of hydrogen-bond donors (Lipinski definition) is 1. The molecule has 0 unspecified atom stereocenters. The number of benzene rings is 2. The van der Waals surface area contributed by atoms with Crippen LogP contribution in [0.5, 0.6) is 5.75 Å². The smallest absolute Gasteiger partial charge is 0.154 e.